The molecule has 0 aliphatic rings. The van der Waals surface area contributed by atoms with Gasteiger partial charge in [-0.05, 0) is 83.7 Å². The van der Waals surface area contributed by atoms with Crippen LogP contribution in [0.4, 0.5) is 0 Å². The van der Waals surface area contributed by atoms with Gasteiger partial charge in [0.05, 0.1) is 0 Å². The summed E-state index contributed by atoms with van der Waals surface area (Å²) in [4.78, 5) is 24.3. The fraction of sp³-hybridized carbons (Fsp3) is 0.105. The van der Waals surface area contributed by atoms with E-state index in [1.165, 1.54) is 0 Å². The van der Waals surface area contributed by atoms with Gasteiger partial charge in [-0.3, -0.25) is 25.8 Å². The summed E-state index contributed by atoms with van der Waals surface area (Å²) in [5, 5.41) is 2.51. The van der Waals surface area contributed by atoms with Gasteiger partial charge in [0.15, 0.2) is 5.11 Å². The van der Waals surface area contributed by atoms with E-state index in [-0.39, 0.29) is 11.0 Å². The highest BCUT2D eigenvalue weighted by atomic mass is 127. The molecule has 8 heteroatoms. The fourth-order valence-corrected chi connectivity index (χ4v) is 2.64. The minimum absolute atomic E-state index is 0.00475. The van der Waals surface area contributed by atoms with Gasteiger partial charge in [-0.15, -0.1) is 0 Å². The van der Waals surface area contributed by atoms with Crippen LogP contribution >= 0.6 is 34.8 Å². The third-order valence-corrected chi connectivity index (χ3v) is 4.80. The Kier molecular flexibility index (Phi) is 7.74. The lowest BCUT2D eigenvalue weighted by Crippen LogP contribution is -2.48. The van der Waals surface area contributed by atoms with Gasteiger partial charge >= 0.3 is 0 Å². The van der Waals surface area contributed by atoms with Crippen LogP contribution in [-0.4, -0.2) is 23.5 Å². The minimum Gasteiger partial charge on any atom is -0.490 e. The number of hydrogen-bond donors (Lipinski definition) is 3. The average molecular weight is 495 g/mol. The van der Waals surface area contributed by atoms with Gasteiger partial charge in [-0.25, -0.2) is 0 Å². The lowest BCUT2D eigenvalue weighted by Gasteiger charge is -2.11. The molecule has 0 aromatic heterocycles. The van der Waals surface area contributed by atoms with Crippen molar-refractivity contribution in [2.24, 2.45) is 0 Å². The van der Waals surface area contributed by atoms with Crippen LogP contribution in [0, 0.1) is 10.5 Å². The quantitative estimate of drug-likeness (QED) is 0.257. The Hall–Kier alpha value is -2.46. The molecule has 0 aliphatic carbocycles. The van der Waals surface area contributed by atoms with Crippen molar-refractivity contribution in [1.82, 2.24) is 16.2 Å². The molecule has 27 heavy (non-hydrogen) atoms. The SMILES string of the molecule is C=CCOc1ccc(C(=O)NNC(=S)NC(=O)c2ccc(C)c(I)c2)cc1. The van der Waals surface area contributed by atoms with E-state index in [0.29, 0.717) is 23.5 Å². The maximum atomic E-state index is 12.2. The molecule has 0 radical (unpaired) electrons. The number of thiocarbonyl (C=S) groups is 1. The molecule has 0 saturated heterocycles. The van der Waals surface area contributed by atoms with Crippen molar-refractivity contribution in [3.05, 3.63) is 75.4 Å². The molecule has 2 amide bonds. The van der Waals surface area contributed by atoms with Crippen LogP contribution in [-0.2, 0) is 0 Å². The molecule has 2 aromatic carbocycles. The second-order valence-electron chi connectivity index (χ2n) is 5.45. The van der Waals surface area contributed by atoms with E-state index in [1.807, 2.05) is 13.0 Å². The minimum atomic E-state index is -0.397. The van der Waals surface area contributed by atoms with Crippen LogP contribution in [0.15, 0.2) is 55.1 Å². The second-order valence-corrected chi connectivity index (χ2v) is 7.02. The number of benzene rings is 2. The van der Waals surface area contributed by atoms with Gasteiger partial charge in [0, 0.05) is 14.7 Å². The molecular formula is C19H18IN3O3S. The summed E-state index contributed by atoms with van der Waals surface area (Å²) < 4.78 is 6.33. The lowest BCUT2D eigenvalue weighted by molar-refractivity contribution is 0.0934. The van der Waals surface area contributed by atoms with E-state index in [1.54, 1.807) is 42.5 Å². The molecule has 0 spiro atoms. The van der Waals surface area contributed by atoms with Gasteiger partial charge in [-0.2, -0.15) is 0 Å². The number of amides is 2. The van der Waals surface area contributed by atoms with E-state index in [2.05, 4.69) is 45.3 Å². The van der Waals surface area contributed by atoms with Crippen molar-refractivity contribution < 1.29 is 14.3 Å². The van der Waals surface area contributed by atoms with E-state index in [4.69, 9.17) is 17.0 Å². The van der Waals surface area contributed by atoms with Crippen LogP contribution < -0.4 is 20.9 Å². The van der Waals surface area contributed by atoms with Crippen LogP contribution in [0.5, 0.6) is 5.75 Å². The van der Waals surface area contributed by atoms with Crippen LogP contribution in [0.3, 0.4) is 0 Å². The number of aryl methyl sites for hydroxylation is 1. The van der Waals surface area contributed by atoms with Crippen LogP contribution in [0.2, 0.25) is 0 Å². The number of hydrogen-bond acceptors (Lipinski definition) is 4. The molecule has 2 aromatic rings. The molecule has 0 atom stereocenters. The van der Waals surface area contributed by atoms with Gasteiger partial charge in [-0.1, -0.05) is 18.7 Å². The van der Waals surface area contributed by atoms with E-state index >= 15 is 0 Å². The predicted molar refractivity (Wildman–Crippen MR) is 117 cm³/mol. The Balaban J connectivity index is 1.85. The second kappa shape index (κ2) is 10.0. The number of carbonyl (C=O) groups excluding carboxylic acids is 2. The summed E-state index contributed by atoms with van der Waals surface area (Å²) in [6.07, 6.45) is 1.64. The highest BCUT2D eigenvalue weighted by Crippen LogP contribution is 2.13. The molecule has 0 fully saturated rings. The third-order valence-electron chi connectivity index (χ3n) is 3.44. The average Bonchev–Trinajstić information content (AvgIpc) is 2.67. The van der Waals surface area contributed by atoms with E-state index < -0.39 is 5.91 Å². The van der Waals surface area contributed by atoms with E-state index in [9.17, 15) is 9.59 Å². The highest BCUT2D eigenvalue weighted by Gasteiger charge is 2.10. The van der Waals surface area contributed by atoms with Crippen LogP contribution in [0.25, 0.3) is 0 Å². The number of nitrogens with one attached hydrogen (secondary N) is 3. The molecule has 2 rings (SSSR count). The molecule has 140 valence electrons. The smallest absolute Gasteiger partial charge is 0.269 e. The highest BCUT2D eigenvalue weighted by molar-refractivity contribution is 14.1. The summed E-state index contributed by atoms with van der Waals surface area (Å²) in [6, 6.07) is 11.9. The Labute approximate surface area is 176 Å². The maximum absolute atomic E-state index is 12.2. The zero-order valence-electron chi connectivity index (χ0n) is 14.5. The monoisotopic (exact) mass is 495 g/mol. The number of ether oxygens (including phenoxy) is 1. The standard InChI is InChI=1S/C19H18IN3O3S/c1-3-10-26-15-8-6-13(7-9-15)18(25)22-23-19(27)21-17(24)14-5-4-12(2)16(20)11-14/h3-9,11H,1,10H2,2H3,(H,22,25)(H2,21,23,24,27). The molecule has 0 bridgehead atoms. The number of carbonyl (C=O) groups is 2. The van der Waals surface area contributed by atoms with Crippen molar-refractivity contribution in [3.63, 3.8) is 0 Å². The number of rotatable bonds is 5. The Morgan fingerprint density at radius 1 is 1.11 bits per heavy atom. The first-order valence-corrected chi connectivity index (χ1v) is 9.41. The third kappa shape index (κ3) is 6.33. The molecule has 3 N–H and O–H groups in total. The molecule has 0 aliphatic heterocycles. The van der Waals surface area contributed by atoms with Crippen molar-refractivity contribution in [3.8, 4) is 5.75 Å². The van der Waals surface area contributed by atoms with Crippen molar-refractivity contribution in [1.29, 1.82) is 0 Å². The predicted octanol–water partition coefficient (Wildman–Crippen LogP) is 3.11. The zero-order valence-corrected chi connectivity index (χ0v) is 17.5. The summed E-state index contributed by atoms with van der Waals surface area (Å²) in [5.41, 5.74) is 6.92. The van der Waals surface area contributed by atoms with Gasteiger partial charge in [0.25, 0.3) is 11.8 Å². The van der Waals surface area contributed by atoms with Crippen molar-refractivity contribution in [2.45, 2.75) is 6.92 Å². The summed E-state index contributed by atoms with van der Waals surface area (Å²) >= 11 is 7.20. The van der Waals surface area contributed by atoms with Crippen molar-refractivity contribution in [2.75, 3.05) is 6.61 Å². The Morgan fingerprint density at radius 3 is 2.41 bits per heavy atom. The molecule has 0 unspecified atom stereocenters. The first-order valence-electron chi connectivity index (χ1n) is 7.92. The first kappa shape index (κ1) is 20.8. The summed E-state index contributed by atoms with van der Waals surface area (Å²) in [5.74, 6) is -0.120. The first-order chi connectivity index (χ1) is 12.9. The molecule has 0 saturated carbocycles. The lowest BCUT2D eigenvalue weighted by atomic mass is 10.1. The Morgan fingerprint density at radius 2 is 1.78 bits per heavy atom. The summed E-state index contributed by atoms with van der Waals surface area (Å²) in [6.45, 7) is 5.92. The Bertz CT molecular complexity index is 869. The number of hydrazine groups is 1. The fourth-order valence-electron chi connectivity index (χ4n) is 1.98. The molecule has 0 heterocycles. The molecular weight excluding hydrogens is 477 g/mol. The number of halogens is 1. The van der Waals surface area contributed by atoms with Crippen LogP contribution in [0.1, 0.15) is 26.3 Å². The topological polar surface area (TPSA) is 79.5 Å². The summed E-state index contributed by atoms with van der Waals surface area (Å²) in [7, 11) is 0. The van der Waals surface area contributed by atoms with Gasteiger partial charge < -0.3 is 4.74 Å². The van der Waals surface area contributed by atoms with Gasteiger partial charge in [0.2, 0.25) is 0 Å². The van der Waals surface area contributed by atoms with Gasteiger partial charge in [0.1, 0.15) is 12.4 Å². The maximum Gasteiger partial charge on any atom is 0.269 e. The molecule has 6 nitrogen and oxygen atoms in total. The largest absolute Gasteiger partial charge is 0.490 e. The van der Waals surface area contributed by atoms with E-state index in [0.717, 1.165) is 9.13 Å². The van der Waals surface area contributed by atoms with Crippen molar-refractivity contribution >= 4 is 51.7 Å². The normalized spacial score (nSPS) is 9.85. The zero-order chi connectivity index (χ0) is 19.8.